The monoisotopic (exact) mass is 473 g/mol. The van der Waals surface area contributed by atoms with Crippen LogP contribution in [-0.4, -0.2) is 48.4 Å². The van der Waals surface area contributed by atoms with Crippen molar-refractivity contribution in [1.29, 1.82) is 0 Å². The number of benzene rings is 3. The second-order valence-corrected chi connectivity index (χ2v) is 10.6. The van der Waals surface area contributed by atoms with Crippen LogP contribution < -0.4 is 10.2 Å². The van der Waals surface area contributed by atoms with E-state index in [2.05, 4.69) is 75.3 Å². The van der Waals surface area contributed by atoms with Crippen molar-refractivity contribution in [3.05, 3.63) is 89.5 Å². The highest BCUT2D eigenvalue weighted by Crippen LogP contribution is 2.32. The number of fused-ring (bicyclic) bond motifs is 1. The first kappa shape index (κ1) is 22.8. The van der Waals surface area contributed by atoms with Crippen LogP contribution in [0.3, 0.4) is 0 Å². The average molecular weight is 474 g/mol. The summed E-state index contributed by atoms with van der Waals surface area (Å²) in [6.45, 7) is 7.49. The molecule has 1 fully saturated rings. The molecule has 176 valence electrons. The Kier molecular flexibility index (Phi) is 7.09. The van der Waals surface area contributed by atoms with Crippen molar-refractivity contribution in [2.45, 2.75) is 24.8 Å². The largest absolute Gasteiger partial charge is 0.379 e. The summed E-state index contributed by atoms with van der Waals surface area (Å²) >= 11 is 0. The Morgan fingerprint density at radius 1 is 0.912 bits per heavy atom. The molecule has 3 aromatic carbocycles. The first-order chi connectivity index (χ1) is 16.7. The summed E-state index contributed by atoms with van der Waals surface area (Å²) in [4.78, 5) is 16.5. The van der Waals surface area contributed by atoms with Gasteiger partial charge in [0.25, 0.3) is 5.91 Å². The quantitative estimate of drug-likeness (QED) is 0.518. The fourth-order valence-electron chi connectivity index (χ4n) is 4.60. The van der Waals surface area contributed by atoms with Crippen LogP contribution >= 0.6 is 10.7 Å². The molecule has 0 spiro atoms. The van der Waals surface area contributed by atoms with Gasteiger partial charge in [0, 0.05) is 48.0 Å². The molecule has 6 heteroatoms. The van der Waals surface area contributed by atoms with Crippen LogP contribution in [0.1, 0.15) is 28.4 Å². The molecule has 2 aliphatic rings. The third-order valence-corrected chi connectivity index (χ3v) is 8.57. The molecule has 1 N–H and O–H groups in total. The lowest BCUT2D eigenvalue weighted by atomic mass is 9.99. The van der Waals surface area contributed by atoms with Crippen molar-refractivity contribution in [2.75, 3.05) is 43.1 Å². The van der Waals surface area contributed by atoms with Gasteiger partial charge >= 0.3 is 0 Å². The Morgan fingerprint density at radius 3 is 2.32 bits per heavy atom. The molecule has 0 bridgehead atoms. The number of amides is 1. The number of hydrogen-bond acceptors (Lipinski definition) is 4. The molecule has 2 heterocycles. The van der Waals surface area contributed by atoms with Gasteiger partial charge in [-0.2, -0.15) is 0 Å². The van der Waals surface area contributed by atoms with Gasteiger partial charge in [-0.05, 0) is 78.4 Å². The molecule has 0 radical (unpaired) electrons. The molecule has 3 aromatic rings. The minimum atomic E-state index is -0.0856. The summed E-state index contributed by atoms with van der Waals surface area (Å²) in [5.74, 6) is -0.0856. The lowest BCUT2D eigenvalue weighted by molar-refractivity contribution is 0.0771. The summed E-state index contributed by atoms with van der Waals surface area (Å²) in [6.07, 6.45) is 1.05. The number of hydrogen-bond donors (Lipinski definition) is 1. The molecule has 2 aliphatic heterocycles. The number of nitrogens with one attached hydrogen (secondary N) is 1. The van der Waals surface area contributed by atoms with E-state index >= 15 is 0 Å². The zero-order valence-electron chi connectivity index (χ0n) is 19.6. The highest BCUT2D eigenvalue weighted by Gasteiger charge is 2.17. The summed E-state index contributed by atoms with van der Waals surface area (Å²) in [5, 5.41) is 5.29. The maximum Gasteiger partial charge on any atom is 0.255 e. The van der Waals surface area contributed by atoms with Gasteiger partial charge in [0.15, 0.2) is 0 Å². The number of morpholine rings is 1. The van der Waals surface area contributed by atoms with Crippen molar-refractivity contribution in [1.82, 2.24) is 4.31 Å². The molecular formula is C28H31N3O2S. The molecule has 5 rings (SSSR count). The molecule has 1 saturated heterocycles. The van der Waals surface area contributed by atoms with Crippen molar-refractivity contribution >= 4 is 33.3 Å². The Bertz CT molecular complexity index is 1170. The molecule has 5 nitrogen and oxygen atoms in total. The van der Waals surface area contributed by atoms with Gasteiger partial charge in [0.2, 0.25) is 0 Å². The second-order valence-electron chi connectivity index (χ2n) is 8.56. The highest BCUT2D eigenvalue weighted by atomic mass is 32.2. The van der Waals surface area contributed by atoms with E-state index in [0.29, 0.717) is 5.56 Å². The zero-order valence-corrected chi connectivity index (χ0v) is 20.4. The number of carbonyl (C=O) groups is 1. The molecule has 0 saturated carbocycles. The van der Waals surface area contributed by atoms with Crippen LogP contribution in [0.15, 0.2) is 77.7 Å². The molecule has 34 heavy (non-hydrogen) atoms. The van der Waals surface area contributed by atoms with E-state index in [-0.39, 0.29) is 16.6 Å². The Hall–Kier alpha value is -2.93. The lowest BCUT2D eigenvalue weighted by Crippen LogP contribution is -2.32. The van der Waals surface area contributed by atoms with E-state index in [9.17, 15) is 4.79 Å². The molecular weight excluding hydrogens is 442 g/mol. The Balaban J connectivity index is 1.21. The number of ether oxygens (including phenoxy) is 1. The predicted molar refractivity (Wildman–Crippen MR) is 142 cm³/mol. The van der Waals surface area contributed by atoms with E-state index in [0.717, 1.165) is 57.2 Å². The first-order valence-corrected chi connectivity index (χ1v) is 13.1. The minimum Gasteiger partial charge on any atom is -0.379 e. The lowest BCUT2D eigenvalue weighted by Gasteiger charge is -2.30. The van der Waals surface area contributed by atoms with Crippen molar-refractivity contribution in [2.24, 2.45) is 0 Å². The van der Waals surface area contributed by atoms with Crippen molar-refractivity contribution < 1.29 is 9.53 Å². The van der Waals surface area contributed by atoms with Gasteiger partial charge in [0.1, 0.15) is 0 Å². The standard InChI is InChI=1S/C28H31N3O2S/c1-2-34(31-17-19-33-20-18-31)27-13-9-25(10-14-27)29-28(32)23-7-11-26(12-8-23)30-16-15-22-5-3-4-6-24(22)21-30/h2-14H,15-21H2,1H3,(H,29,32). The van der Waals surface area contributed by atoms with Crippen LogP contribution in [-0.2, 0) is 17.7 Å². The molecule has 1 atom stereocenters. The SMILES string of the molecule is C/C=S(\c1ccc(NC(=O)c2ccc(N3CCc4ccccc4C3)cc2)cc1)N1CCOCC1. The maximum absolute atomic E-state index is 12.8. The Morgan fingerprint density at radius 2 is 1.62 bits per heavy atom. The maximum atomic E-state index is 12.8. The third kappa shape index (κ3) is 5.09. The van der Waals surface area contributed by atoms with E-state index in [1.54, 1.807) is 0 Å². The van der Waals surface area contributed by atoms with E-state index in [1.165, 1.54) is 16.0 Å². The fourth-order valence-corrected chi connectivity index (χ4v) is 6.42. The van der Waals surface area contributed by atoms with Gasteiger partial charge in [0.05, 0.1) is 13.2 Å². The van der Waals surface area contributed by atoms with Gasteiger partial charge in [-0.3, -0.25) is 4.79 Å². The van der Waals surface area contributed by atoms with Crippen molar-refractivity contribution in [3.8, 4) is 0 Å². The van der Waals surface area contributed by atoms with E-state index < -0.39 is 0 Å². The number of nitrogens with zero attached hydrogens (tertiary/aromatic N) is 2. The fraction of sp³-hybridized carbons (Fsp3) is 0.286. The van der Waals surface area contributed by atoms with Gasteiger partial charge in [-0.25, -0.2) is 4.31 Å². The van der Waals surface area contributed by atoms with Crippen LogP contribution in [0.25, 0.3) is 0 Å². The van der Waals surface area contributed by atoms with Crippen LogP contribution in [0.5, 0.6) is 0 Å². The van der Waals surface area contributed by atoms with E-state index in [1.807, 2.05) is 24.3 Å². The third-order valence-electron chi connectivity index (χ3n) is 6.45. The zero-order chi connectivity index (χ0) is 23.3. The minimum absolute atomic E-state index is 0.0464. The van der Waals surface area contributed by atoms with Gasteiger partial charge < -0.3 is 15.0 Å². The number of carbonyl (C=O) groups excluding carboxylic acids is 1. The van der Waals surface area contributed by atoms with Crippen LogP contribution in [0, 0.1) is 0 Å². The molecule has 1 unspecified atom stereocenters. The first-order valence-electron chi connectivity index (χ1n) is 11.9. The summed E-state index contributed by atoms with van der Waals surface area (Å²) in [5.41, 5.74) is 5.46. The smallest absolute Gasteiger partial charge is 0.255 e. The molecule has 1 amide bonds. The van der Waals surface area contributed by atoms with Crippen LogP contribution in [0.2, 0.25) is 0 Å². The topological polar surface area (TPSA) is 44.8 Å². The summed E-state index contributed by atoms with van der Waals surface area (Å²) in [6, 6.07) is 24.8. The van der Waals surface area contributed by atoms with Gasteiger partial charge in [-0.15, -0.1) is 0 Å². The summed E-state index contributed by atoms with van der Waals surface area (Å²) < 4.78 is 7.95. The second kappa shape index (κ2) is 10.6. The average Bonchev–Trinajstić information content (AvgIpc) is 2.90. The van der Waals surface area contributed by atoms with E-state index in [4.69, 9.17) is 4.74 Å². The Labute approximate surface area is 204 Å². The van der Waals surface area contributed by atoms with Crippen LogP contribution in [0.4, 0.5) is 11.4 Å². The number of anilines is 2. The normalized spacial score (nSPS) is 17.3. The number of rotatable bonds is 5. The summed E-state index contributed by atoms with van der Waals surface area (Å²) in [7, 11) is -0.0464. The molecule has 0 aliphatic carbocycles. The predicted octanol–water partition coefficient (Wildman–Crippen LogP) is 5.20. The van der Waals surface area contributed by atoms with Crippen molar-refractivity contribution in [3.63, 3.8) is 0 Å². The highest BCUT2D eigenvalue weighted by molar-refractivity contribution is 8.13. The molecule has 0 aromatic heterocycles. The van der Waals surface area contributed by atoms with Gasteiger partial charge in [-0.1, -0.05) is 34.9 Å².